The molecular formula is C18H20ClNO3. The van der Waals surface area contributed by atoms with Crippen LogP contribution in [0.3, 0.4) is 0 Å². The van der Waals surface area contributed by atoms with Crippen molar-refractivity contribution in [2.75, 3.05) is 19.8 Å². The number of aryl methyl sites for hydroxylation is 1. The summed E-state index contributed by atoms with van der Waals surface area (Å²) in [5, 5.41) is 12.2. The van der Waals surface area contributed by atoms with Crippen LogP contribution < -0.4 is 5.32 Å². The molecule has 1 amide bonds. The Bertz CT molecular complexity index is 643. The first-order valence-corrected chi connectivity index (χ1v) is 7.81. The molecule has 122 valence electrons. The van der Waals surface area contributed by atoms with Crippen molar-refractivity contribution in [3.8, 4) is 0 Å². The minimum Gasteiger partial charge on any atom is -0.394 e. The molecule has 0 aliphatic heterocycles. The van der Waals surface area contributed by atoms with E-state index in [0.29, 0.717) is 17.1 Å². The Labute approximate surface area is 141 Å². The highest BCUT2D eigenvalue weighted by Crippen LogP contribution is 2.19. The van der Waals surface area contributed by atoms with Crippen LogP contribution in [0.2, 0.25) is 5.02 Å². The maximum atomic E-state index is 12.2. The van der Waals surface area contributed by atoms with E-state index in [4.69, 9.17) is 21.4 Å². The molecule has 0 radical (unpaired) electrons. The highest BCUT2D eigenvalue weighted by molar-refractivity contribution is 6.33. The van der Waals surface area contributed by atoms with Crippen LogP contribution in [0.5, 0.6) is 0 Å². The molecule has 0 fully saturated rings. The van der Waals surface area contributed by atoms with Crippen LogP contribution in [0.1, 0.15) is 27.6 Å². The first-order chi connectivity index (χ1) is 11.1. The van der Waals surface area contributed by atoms with Crippen LogP contribution in [-0.4, -0.2) is 30.8 Å². The van der Waals surface area contributed by atoms with Gasteiger partial charge in [-0.2, -0.15) is 0 Å². The zero-order valence-corrected chi connectivity index (χ0v) is 13.7. The monoisotopic (exact) mass is 333 g/mol. The van der Waals surface area contributed by atoms with E-state index in [0.717, 1.165) is 11.1 Å². The van der Waals surface area contributed by atoms with Gasteiger partial charge in [-0.3, -0.25) is 4.79 Å². The maximum absolute atomic E-state index is 12.2. The van der Waals surface area contributed by atoms with Crippen molar-refractivity contribution in [3.05, 3.63) is 70.2 Å². The number of halogens is 1. The average molecular weight is 334 g/mol. The fourth-order valence-corrected chi connectivity index (χ4v) is 2.40. The van der Waals surface area contributed by atoms with Gasteiger partial charge in [0.05, 0.1) is 29.9 Å². The summed E-state index contributed by atoms with van der Waals surface area (Å²) in [6, 6.07) is 14.8. The van der Waals surface area contributed by atoms with Gasteiger partial charge >= 0.3 is 0 Å². The highest BCUT2D eigenvalue weighted by atomic mass is 35.5. The zero-order chi connectivity index (χ0) is 16.7. The summed E-state index contributed by atoms with van der Waals surface area (Å²) >= 11 is 6.03. The summed E-state index contributed by atoms with van der Waals surface area (Å²) in [6.45, 7) is 2.45. The molecule has 2 aromatic carbocycles. The summed E-state index contributed by atoms with van der Waals surface area (Å²) in [5.41, 5.74) is 2.53. The minimum atomic E-state index is -0.325. The number of hydrogen-bond donors (Lipinski definition) is 2. The zero-order valence-electron chi connectivity index (χ0n) is 13.0. The standard InChI is InChI=1S/C18H20ClNO3/c1-13-6-8-14(9-7-13)17(23-11-10-21)12-20-18(22)15-4-2-3-5-16(15)19/h2-9,17,21H,10-12H2,1H3,(H,20,22). The Morgan fingerprint density at radius 3 is 2.57 bits per heavy atom. The van der Waals surface area contributed by atoms with Gasteiger partial charge in [0.15, 0.2) is 0 Å². The lowest BCUT2D eigenvalue weighted by atomic mass is 10.1. The molecule has 0 heterocycles. The van der Waals surface area contributed by atoms with Crippen molar-refractivity contribution in [2.24, 2.45) is 0 Å². The van der Waals surface area contributed by atoms with E-state index in [9.17, 15) is 4.79 Å². The summed E-state index contributed by atoms with van der Waals surface area (Å²) < 4.78 is 5.64. The number of carbonyl (C=O) groups is 1. The molecule has 5 heteroatoms. The highest BCUT2D eigenvalue weighted by Gasteiger charge is 2.15. The number of hydrogen-bond acceptors (Lipinski definition) is 3. The van der Waals surface area contributed by atoms with Gasteiger partial charge in [-0.1, -0.05) is 53.6 Å². The second-order valence-corrected chi connectivity index (χ2v) is 5.59. The fourth-order valence-electron chi connectivity index (χ4n) is 2.18. The van der Waals surface area contributed by atoms with E-state index < -0.39 is 0 Å². The fraction of sp³-hybridized carbons (Fsp3) is 0.278. The molecule has 2 N–H and O–H groups in total. The third-order valence-corrected chi connectivity index (χ3v) is 3.76. The number of carbonyl (C=O) groups excluding carboxylic acids is 1. The van der Waals surface area contributed by atoms with Crippen molar-refractivity contribution in [1.29, 1.82) is 0 Å². The van der Waals surface area contributed by atoms with Crippen molar-refractivity contribution in [2.45, 2.75) is 13.0 Å². The van der Waals surface area contributed by atoms with Gasteiger partial charge in [0.2, 0.25) is 0 Å². The molecule has 2 rings (SSSR count). The minimum absolute atomic E-state index is 0.0686. The van der Waals surface area contributed by atoms with Crippen molar-refractivity contribution >= 4 is 17.5 Å². The van der Waals surface area contributed by atoms with Crippen LogP contribution in [0.25, 0.3) is 0 Å². The molecule has 0 bridgehead atoms. The normalized spacial score (nSPS) is 12.0. The van der Waals surface area contributed by atoms with E-state index >= 15 is 0 Å². The number of aliphatic hydroxyl groups excluding tert-OH is 1. The SMILES string of the molecule is Cc1ccc(C(CNC(=O)c2ccccc2Cl)OCCO)cc1. The van der Waals surface area contributed by atoms with Crippen LogP contribution in [0.15, 0.2) is 48.5 Å². The third kappa shape index (κ3) is 5.06. The molecule has 0 saturated heterocycles. The van der Waals surface area contributed by atoms with E-state index in [1.165, 1.54) is 0 Å². The Hall–Kier alpha value is -1.88. The lowest BCUT2D eigenvalue weighted by Crippen LogP contribution is -2.30. The molecule has 0 aromatic heterocycles. The molecule has 0 aliphatic carbocycles. The van der Waals surface area contributed by atoms with Gasteiger partial charge in [-0.05, 0) is 24.6 Å². The lowest BCUT2D eigenvalue weighted by Gasteiger charge is -2.19. The molecule has 23 heavy (non-hydrogen) atoms. The molecule has 4 nitrogen and oxygen atoms in total. The maximum Gasteiger partial charge on any atom is 0.252 e. The van der Waals surface area contributed by atoms with Gasteiger partial charge in [0.1, 0.15) is 0 Å². The summed E-state index contributed by atoms with van der Waals surface area (Å²) in [6.07, 6.45) is -0.325. The number of nitrogens with one attached hydrogen (secondary N) is 1. The molecular weight excluding hydrogens is 314 g/mol. The van der Waals surface area contributed by atoms with Crippen molar-refractivity contribution < 1.29 is 14.6 Å². The Kier molecular flexibility index (Phi) is 6.59. The first-order valence-electron chi connectivity index (χ1n) is 7.43. The number of benzene rings is 2. The van der Waals surface area contributed by atoms with Crippen LogP contribution in [0.4, 0.5) is 0 Å². The number of aliphatic hydroxyl groups is 1. The molecule has 2 aromatic rings. The predicted octanol–water partition coefficient (Wildman–Crippen LogP) is 3.13. The van der Waals surface area contributed by atoms with E-state index in [-0.39, 0.29) is 25.2 Å². The summed E-state index contributed by atoms with van der Waals surface area (Å²) in [5.74, 6) is -0.250. The van der Waals surface area contributed by atoms with Gasteiger partial charge < -0.3 is 15.2 Å². The molecule has 1 atom stereocenters. The summed E-state index contributed by atoms with van der Waals surface area (Å²) in [7, 11) is 0. The van der Waals surface area contributed by atoms with Crippen LogP contribution >= 0.6 is 11.6 Å². The number of amides is 1. The largest absolute Gasteiger partial charge is 0.394 e. The quantitative estimate of drug-likeness (QED) is 0.818. The molecule has 0 spiro atoms. The van der Waals surface area contributed by atoms with Crippen molar-refractivity contribution in [1.82, 2.24) is 5.32 Å². The van der Waals surface area contributed by atoms with E-state index in [1.54, 1.807) is 24.3 Å². The third-order valence-electron chi connectivity index (χ3n) is 3.43. The van der Waals surface area contributed by atoms with Gasteiger partial charge in [-0.15, -0.1) is 0 Å². The Morgan fingerprint density at radius 1 is 1.22 bits per heavy atom. The van der Waals surface area contributed by atoms with Crippen LogP contribution in [0, 0.1) is 6.92 Å². The van der Waals surface area contributed by atoms with Crippen LogP contribution in [-0.2, 0) is 4.74 Å². The Balaban J connectivity index is 2.04. The Morgan fingerprint density at radius 2 is 1.91 bits per heavy atom. The molecule has 0 aliphatic rings. The second-order valence-electron chi connectivity index (χ2n) is 5.18. The van der Waals surface area contributed by atoms with E-state index in [1.807, 2.05) is 31.2 Å². The number of rotatable bonds is 7. The van der Waals surface area contributed by atoms with Crippen molar-refractivity contribution in [3.63, 3.8) is 0 Å². The molecule has 1 unspecified atom stereocenters. The average Bonchev–Trinajstić information content (AvgIpc) is 2.56. The van der Waals surface area contributed by atoms with E-state index in [2.05, 4.69) is 5.32 Å². The summed E-state index contributed by atoms with van der Waals surface area (Å²) in [4.78, 5) is 12.2. The van der Waals surface area contributed by atoms with Gasteiger partial charge in [0, 0.05) is 6.54 Å². The number of ether oxygens (including phenoxy) is 1. The van der Waals surface area contributed by atoms with Gasteiger partial charge in [0.25, 0.3) is 5.91 Å². The predicted molar refractivity (Wildman–Crippen MR) is 90.7 cm³/mol. The van der Waals surface area contributed by atoms with Gasteiger partial charge in [-0.25, -0.2) is 0 Å². The molecule has 0 saturated carbocycles. The smallest absolute Gasteiger partial charge is 0.252 e. The topological polar surface area (TPSA) is 58.6 Å². The second kappa shape index (κ2) is 8.67. The first kappa shape index (κ1) is 17.5. The lowest BCUT2D eigenvalue weighted by molar-refractivity contribution is 0.0277.